The van der Waals surface area contributed by atoms with E-state index in [1.54, 1.807) is 50.3 Å². The van der Waals surface area contributed by atoms with Crippen LogP contribution in [0.5, 0.6) is 0 Å². The van der Waals surface area contributed by atoms with E-state index < -0.39 is 7.26 Å². The number of rotatable bonds is 34. The molecule has 0 heterocycles. The van der Waals surface area contributed by atoms with Gasteiger partial charge in [-0.1, -0.05) is 169 Å². The van der Waals surface area contributed by atoms with Crippen molar-refractivity contribution in [2.24, 2.45) is 0 Å². The van der Waals surface area contributed by atoms with Gasteiger partial charge in [0.25, 0.3) is 0 Å². The predicted octanol–water partition coefficient (Wildman–Crippen LogP) is 14.8. The number of hydrogen-bond acceptors (Lipinski definition) is 0. The zero-order valence-electron chi connectivity index (χ0n) is 28.5. The lowest BCUT2D eigenvalue weighted by molar-refractivity contribution is 0.571. The summed E-state index contributed by atoms with van der Waals surface area (Å²) in [5.41, 5.74) is 0. The van der Waals surface area contributed by atoms with E-state index in [2.05, 4.69) is 27.7 Å². The molecule has 0 aliphatic rings. The van der Waals surface area contributed by atoms with Crippen LogP contribution >= 0.6 is 7.26 Å². The average Bonchev–Trinajstić information content (AvgIpc) is 2.95. The third-order valence-corrected chi connectivity index (χ3v) is 14.5. The third-order valence-electron chi connectivity index (χ3n) is 9.44. The zero-order chi connectivity index (χ0) is 28.5. The summed E-state index contributed by atoms with van der Waals surface area (Å²) < 4.78 is 0. The lowest BCUT2D eigenvalue weighted by atomic mass is 10.1. The van der Waals surface area contributed by atoms with Crippen molar-refractivity contribution in [2.75, 3.05) is 24.6 Å². The molecule has 0 aliphatic heterocycles. The summed E-state index contributed by atoms with van der Waals surface area (Å²) in [5, 5.41) is 0. The Hall–Kier alpha value is 0.430. The Bertz CT molecular complexity index is 385. The average molecular weight is 568 g/mol. The highest BCUT2D eigenvalue weighted by atomic mass is 31.2. The van der Waals surface area contributed by atoms with Crippen LogP contribution in [0.15, 0.2) is 0 Å². The van der Waals surface area contributed by atoms with Gasteiger partial charge in [-0.25, -0.2) is 0 Å². The molecule has 0 nitrogen and oxygen atoms in total. The largest absolute Gasteiger partial charge is 0.0654 e. The van der Waals surface area contributed by atoms with Crippen LogP contribution in [0.2, 0.25) is 0 Å². The van der Waals surface area contributed by atoms with Gasteiger partial charge in [0.05, 0.1) is 24.6 Å². The molecule has 0 saturated carbocycles. The molecule has 0 bridgehead atoms. The maximum atomic E-state index is 2.35. The molecule has 0 aromatic carbocycles. The molecule has 0 unspecified atom stereocenters. The standard InChI is InChI=1S/C38H80P/c1-5-9-13-17-21-22-26-30-34-38-39(35-31-27-23-18-14-10-6-2,36-32-28-24-19-15-11-7-3)37-33-29-25-20-16-12-8-4/h5-38H2,1-4H3/q+1. The summed E-state index contributed by atoms with van der Waals surface area (Å²) in [4.78, 5) is 0. The molecule has 1 heteroatoms. The van der Waals surface area contributed by atoms with Gasteiger partial charge in [0, 0.05) is 7.26 Å². The van der Waals surface area contributed by atoms with Crippen LogP contribution in [-0.2, 0) is 0 Å². The predicted molar refractivity (Wildman–Crippen MR) is 188 cm³/mol. The number of hydrogen-bond donors (Lipinski definition) is 0. The molecule has 0 radical (unpaired) electrons. The maximum Gasteiger partial charge on any atom is 0.0594 e. The molecule has 0 rings (SSSR count). The Kier molecular flexibility index (Phi) is 33.3. The van der Waals surface area contributed by atoms with Crippen LogP contribution in [0.3, 0.4) is 0 Å². The summed E-state index contributed by atoms with van der Waals surface area (Å²) in [7, 11) is -0.751. The molecule has 0 atom stereocenters. The smallest absolute Gasteiger partial charge is 0.0594 e. The van der Waals surface area contributed by atoms with Crippen molar-refractivity contribution in [3.05, 3.63) is 0 Å². The van der Waals surface area contributed by atoms with E-state index in [4.69, 9.17) is 0 Å². The van der Waals surface area contributed by atoms with Crippen LogP contribution in [0.4, 0.5) is 0 Å². The minimum atomic E-state index is -0.751. The molecule has 0 fully saturated rings. The second-order valence-corrected chi connectivity index (χ2v) is 17.9. The second kappa shape index (κ2) is 32.9. The highest BCUT2D eigenvalue weighted by molar-refractivity contribution is 7.75. The highest BCUT2D eigenvalue weighted by Crippen LogP contribution is 2.61. The fraction of sp³-hybridized carbons (Fsp3) is 1.00. The minimum Gasteiger partial charge on any atom is -0.0654 e. The van der Waals surface area contributed by atoms with Gasteiger partial charge in [-0.05, 0) is 51.4 Å². The molecule has 0 aromatic rings. The quantitative estimate of drug-likeness (QED) is 0.0536. The first kappa shape index (κ1) is 39.4. The third kappa shape index (κ3) is 28.3. The van der Waals surface area contributed by atoms with Gasteiger partial charge < -0.3 is 0 Å². The maximum absolute atomic E-state index is 2.35. The first-order valence-electron chi connectivity index (χ1n) is 19.1. The van der Waals surface area contributed by atoms with Gasteiger partial charge in [-0.2, -0.15) is 0 Å². The molecule has 0 aromatic heterocycles. The van der Waals surface area contributed by atoms with E-state index in [0.717, 1.165) is 0 Å². The van der Waals surface area contributed by atoms with Gasteiger partial charge >= 0.3 is 0 Å². The van der Waals surface area contributed by atoms with Crippen LogP contribution in [-0.4, -0.2) is 24.6 Å². The minimum absolute atomic E-state index is 0.751. The SMILES string of the molecule is CCCCCCCCCCC[P+](CCCCCCCCC)(CCCCCCCCC)CCCCCCCCC. The molecule has 39 heavy (non-hydrogen) atoms. The summed E-state index contributed by atoms with van der Waals surface area (Å²) in [6.45, 7) is 9.37. The van der Waals surface area contributed by atoms with E-state index in [-0.39, 0.29) is 0 Å². The normalized spacial score (nSPS) is 12.0. The Morgan fingerprint density at radius 3 is 0.538 bits per heavy atom. The topological polar surface area (TPSA) is 0 Å². The van der Waals surface area contributed by atoms with Gasteiger partial charge in [0.2, 0.25) is 0 Å². The molecule has 0 saturated heterocycles. The molecular weight excluding hydrogens is 487 g/mol. The van der Waals surface area contributed by atoms with Gasteiger partial charge in [0.1, 0.15) is 0 Å². The van der Waals surface area contributed by atoms with E-state index >= 15 is 0 Å². The summed E-state index contributed by atoms with van der Waals surface area (Å²) in [6, 6.07) is 0. The Morgan fingerprint density at radius 1 is 0.205 bits per heavy atom. The van der Waals surface area contributed by atoms with Crippen molar-refractivity contribution in [1.82, 2.24) is 0 Å². The Balaban J connectivity index is 4.78. The molecule has 0 N–H and O–H groups in total. The first-order chi connectivity index (χ1) is 19.2. The fourth-order valence-corrected chi connectivity index (χ4v) is 11.6. The molecule has 0 aliphatic carbocycles. The van der Waals surface area contributed by atoms with Crippen LogP contribution in [0.1, 0.15) is 220 Å². The van der Waals surface area contributed by atoms with Crippen LogP contribution in [0, 0.1) is 0 Å². The van der Waals surface area contributed by atoms with Gasteiger partial charge in [-0.15, -0.1) is 0 Å². The number of unbranched alkanes of at least 4 members (excludes halogenated alkanes) is 26. The lowest BCUT2D eigenvalue weighted by Gasteiger charge is -2.28. The highest BCUT2D eigenvalue weighted by Gasteiger charge is 2.34. The fourth-order valence-electron chi connectivity index (χ4n) is 6.64. The summed E-state index contributed by atoms with van der Waals surface area (Å²) >= 11 is 0. The van der Waals surface area contributed by atoms with E-state index in [9.17, 15) is 0 Å². The van der Waals surface area contributed by atoms with Crippen molar-refractivity contribution in [2.45, 2.75) is 220 Å². The van der Waals surface area contributed by atoms with Gasteiger partial charge in [0.15, 0.2) is 0 Å². The van der Waals surface area contributed by atoms with Crippen LogP contribution < -0.4 is 0 Å². The van der Waals surface area contributed by atoms with Crippen LogP contribution in [0.25, 0.3) is 0 Å². The summed E-state index contributed by atoms with van der Waals surface area (Å²) in [6.07, 6.45) is 51.2. The lowest BCUT2D eigenvalue weighted by Crippen LogP contribution is -2.13. The van der Waals surface area contributed by atoms with E-state index in [1.807, 2.05) is 0 Å². The van der Waals surface area contributed by atoms with E-state index in [0.29, 0.717) is 0 Å². The Labute approximate surface area is 251 Å². The zero-order valence-corrected chi connectivity index (χ0v) is 29.4. The molecular formula is C38H80P+. The Morgan fingerprint density at radius 2 is 0.359 bits per heavy atom. The second-order valence-electron chi connectivity index (χ2n) is 13.4. The summed E-state index contributed by atoms with van der Waals surface area (Å²) in [5.74, 6) is 0. The van der Waals surface area contributed by atoms with E-state index in [1.165, 1.54) is 167 Å². The monoisotopic (exact) mass is 568 g/mol. The van der Waals surface area contributed by atoms with Crippen molar-refractivity contribution in [3.8, 4) is 0 Å². The molecule has 0 amide bonds. The van der Waals surface area contributed by atoms with Crippen molar-refractivity contribution < 1.29 is 0 Å². The van der Waals surface area contributed by atoms with Gasteiger partial charge in [-0.3, -0.25) is 0 Å². The van der Waals surface area contributed by atoms with Crippen molar-refractivity contribution >= 4 is 7.26 Å². The van der Waals surface area contributed by atoms with Crippen molar-refractivity contribution in [1.29, 1.82) is 0 Å². The molecule has 0 spiro atoms. The molecule has 236 valence electrons. The first-order valence-corrected chi connectivity index (χ1v) is 21.6. The van der Waals surface area contributed by atoms with Crippen molar-refractivity contribution in [3.63, 3.8) is 0 Å².